The number of benzene rings is 1. The molecule has 0 unspecified atom stereocenters. The van der Waals surface area contributed by atoms with Crippen LogP contribution in [0.25, 0.3) is 0 Å². The second-order valence-corrected chi connectivity index (χ2v) is 6.17. The first-order chi connectivity index (χ1) is 11.7. The van der Waals surface area contributed by atoms with Crippen LogP contribution in [0.4, 0.5) is 18.9 Å². The van der Waals surface area contributed by atoms with Crippen molar-refractivity contribution in [2.24, 2.45) is 5.92 Å². The molecule has 1 aliphatic rings. The van der Waals surface area contributed by atoms with Crippen LogP contribution in [0.1, 0.15) is 48.0 Å². The summed E-state index contributed by atoms with van der Waals surface area (Å²) < 4.78 is 42.8. The molecule has 138 valence electrons. The Morgan fingerprint density at radius 2 is 1.88 bits per heavy atom. The van der Waals surface area contributed by atoms with Gasteiger partial charge in [-0.3, -0.25) is 4.79 Å². The van der Waals surface area contributed by atoms with E-state index >= 15 is 0 Å². The first-order valence-corrected chi connectivity index (χ1v) is 8.09. The van der Waals surface area contributed by atoms with Crippen LogP contribution in [0.3, 0.4) is 0 Å². The molecule has 1 aromatic carbocycles. The minimum atomic E-state index is -4.54. The van der Waals surface area contributed by atoms with E-state index in [1.54, 1.807) is 0 Å². The Balaban J connectivity index is 2.19. The Labute approximate surface area is 143 Å². The van der Waals surface area contributed by atoms with Gasteiger partial charge in [0.1, 0.15) is 6.04 Å². The van der Waals surface area contributed by atoms with E-state index in [1.807, 2.05) is 0 Å². The van der Waals surface area contributed by atoms with E-state index in [4.69, 9.17) is 10.5 Å². The molecule has 1 aromatic rings. The maximum Gasteiger partial charge on any atom is 0.416 e. The normalized spacial score (nSPS) is 17.0. The number of hydrogen-bond acceptors (Lipinski definition) is 4. The number of amides is 1. The zero-order chi connectivity index (χ0) is 18.6. The fraction of sp³-hybridized carbons (Fsp3) is 0.529. The number of rotatable bonds is 4. The van der Waals surface area contributed by atoms with E-state index in [0.29, 0.717) is 6.07 Å². The molecule has 1 fully saturated rings. The Hall–Kier alpha value is -2.25. The second kappa shape index (κ2) is 7.76. The molecule has 0 bridgehead atoms. The Morgan fingerprint density at radius 1 is 1.24 bits per heavy atom. The molecular formula is C17H21F3N2O3. The van der Waals surface area contributed by atoms with Gasteiger partial charge in [0.05, 0.1) is 18.2 Å². The SMILES string of the molecule is COC(=O)[C@@H](NC(=O)c1ccc(C(F)(F)F)cc1N)C1CCCCC1. The lowest BCUT2D eigenvalue weighted by Gasteiger charge is -2.29. The van der Waals surface area contributed by atoms with Gasteiger partial charge in [-0.1, -0.05) is 19.3 Å². The largest absolute Gasteiger partial charge is 0.467 e. The molecule has 25 heavy (non-hydrogen) atoms. The number of halogens is 3. The number of carbonyl (C=O) groups excluding carboxylic acids is 2. The van der Waals surface area contributed by atoms with Crippen LogP contribution in [0.5, 0.6) is 0 Å². The molecule has 2 rings (SSSR count). The predicted molar refractivity (Wildman–Crippen MR) is 85.7 cm³/mol. The van der Waals surface area contributed by atoms with Crippen LogP contribution in [-0.4, -0.2) is 25.0 Å². The van der Waals surface area contributed by atoms with Crippen molar-refractivity contribution in [3.05, 3.63) is 29.3 Å². The van der Waals surface area contributed by atoms with Gasteiger partial charge in [0.2, 0.25) is 0 Å². The summed E-state index contributed by atoms with van der Waals surface area (Å²) in [6, 6.07) is 1.68. The van der Waals surface area contributed by atoms with Crippen LogP contribution in [0.2, 0.25) is 0 Å². The molecule has 0 aliphatic heterocycles. The van der Waals surface area contributed by atoms with Gasteiger partial charge in [0.15, 0.2) is 0 Å². The smallest absolute Gasteiger partial charge is 0.416 e. The quantitative estimate of drug-likeness (QED) is 0.640. The van der Waals surface area contributed by atoms with Crippen molar-refractivity contribution in [1.82, 2.24) is 5.32 Å². The van der Waals surface area contributed by atoms with Gasteiger partial charge in [-0.05, 0) is 37.0 Å². The maximum atomic E-state index is 12.7. The molecule has 0 saturated heterocycles. The first-order valence-electron chi connectivity index (χ1n) is 8.09. The summed E-state index contributed by atoms with van der Waals surface area (Å²) in [6.07, 6.45) is 0.00193. The summed E-state index contributed by atoms with van der Waals surface area (Å²) in [5, 5.41) is 2.58. The fourth-order valence-corrected chi connectivity index (χ4v) is 3.13. The van der Waals surface area contributed by atoms with Crippen LogP contribution in [-0.2, 0) is 15.7 Å². The van der Waals surface area contributed by atoms with Crippen LogP contribution in [0.15, 0.2) is 18.2 Å². The highest BCUT2D eigenvalue weighted by atomic mass is 19.4. The van der Waals surface area contributed by atoms with E-state index in [1.165, 1.54) is 7.11 Å². The van der Waals surface area contributed by atoms with Gasteiger partial charge in [-0.15, -0.1) is 0 Å². The number of nitrogen functional groups attached to an aromatic ring is 1. The molecule has 8 heteroatoms. The third-order valence-corrected chi connectivity index (χ3v) is 4.49. The number of hydrogen-bond donors (Lipinski definition) is 2. The molecule has 1 amide bonds. The summed E-state index contributed by atoms with van der Waals surface area (Å²) in [7, 11) is 1.23. The van der Waals surface area contributed by atoms with Crippen LogP contribution >= 0.6 is 0 Å². The molecule has 0 spiro atoms. The molecule has 1 atom stereocenters. The predicted octanol–water partition coefficient (Wildman–Crippen LogP) is 3.14. The Kier molecular flexibility index (Phi) is 5.92. The van der Waals surface area contributed by atoms with Crippen molar-refractivity contribution in [2.45, 2.75) is 44.3 Å². The van der Waals surface area contributed by atoms with Crippen molar-refractivity contribution >= 4 is 17.6 Å². The van der Waals surface area contributed by atoms with E-state index in [9.17, 15) is 22.8 Å². The lowest BCUT2D eigenvalue weighted by atomic mass is 9.83. The third kappa shape index (κ3) is 4.64. The highest BCUT2D eigenvalue weighted by Gasteiger charge is 2.34. The molecule has 1 saturated carbocycles. The highest BCUT2D eigenvalue weighted by molar-refractivity contribution is 6.01. The van der Waals surface area contributed by atoms with Crippen molar-refractivity contribution in [1.29, 1.82) is 0 Å². The van der Waals surface area contributed by atoms with Gasteiger partial charge in [-0.2, -0.15) is 13.2 Å². The summed E-state index contributed by atoms with van der Waals surface area (Å²) in [4.78, 5) is 24.5. The van der Waals surface area contributed by atoms with Gasteiger partial charge in [0.25, 0.3) is 5.91 Å². The molecule has 3 N–H and O–H groups in total. The number of alkyl halides is 3. The molecular weight excluding hydrogens is 337 g/mol. The maximum absolute atomic E-state index is 12.7. The fourth-order valence-electron chi connectivity index (χ4n) is 3.13. The van der Waals surface area contributed by atoms with Crippen molar-refractivity contribution in [3.63, 3.8) is 0 Å². The van der Waals surface area contributed by atoms with E-state index in [-0.39, 0.29) is 17.2 Å². The van der Waals surface area contributed by atoms with Gasteiger partial charge in [-0.25, -0.2) is 4.79 Å². The molecule has 0 radical (unpaired) electrons. The average Bonchev–Trinajstić information content (AvgIpc) is 2.58. The van der Waals surface area contributed by atoms with Gasteiger partial charge in [0, 0.05) is 5.69 Å². The first kappa shape index (κ1) is 19.1. The Bertz CT molecular complexity index is 641. The van der Waals surface area contributed by atoms with Gasteiger partial charge < -0.3 is 15.8 Å². The minimum absolute atomic E-state index is 0.0548. The Morgan fingerprint density at radius 3 is 2.40 bits per heavy atom. The molecule has 0 aromatic heterocycles. The summed E-state index contributed by atoms with van der Waals surface area (Å²) in [6.45, 7) is 0. The number of nitrogens with two attached hydrogens (primary N) is 1. The van der Waals surface area contributed by atoms with Crippen molar-refractivity contribution < 1.29 is 27.5 Å². The van der Waals surface area contributed by atoms with E-state index in [0.717, 1.165) is 44.2 Å². The number of esters is 1. The molecule has 1 aliphatic carbocycles. The lowest BCUT2D eigenvalue weighted by Crippen LogP contribution is -2.47. The molecule has 0 heterocycles. The average molecular weight is 358 g/mol. The standard InChI is InChI=1S/C17H21F3N2O3/c1-25-16(24)14(10-5-3-2-4-6-10)22-15(23)12-8-7-11(9-13(12)21)17(18,19)20/h7-10,14H,2-6,21H2,1H3,(H,22,23)/t14-/m0/s1. The highest BCUT2D eigenvalue weighted by Crippen LogP contribution is 2.32. The topological polar surface area (TPSA) is 81.4 Å². The third-order valence-electron chi connectivity index (χ3n) is 4.49. The van der Waals surface area contributed by atoms with Crippen molar-refractivity contribution in [3.8, 4) is 0 Å². The number of carbonyl (C=O) groups is 2. The van der Waals surface area contributed by atoms with Crippen molar-refractivity contribution in [2.75, 3.05) is 12.8 Å². The van der Waals surface area contributed by atoms with Gasteiger partial charge >= 0.3 is 12.1 Å². The van der Waals surface area contributed by atoms with E-state index < -0.39 is 29.7 Å². The van der Waals surface area contributed by atoms with E-state index in [2.05, 4.69) is 5.32 Å². The monoisotopic (exact) mass is 358 g/mol. The zero-order valence-electron chi connectivity index (χ0n) is 13.9. The van der Waals surface area contributed by atoms with Crippen LogP contribution < -0.4 is 11.1 Å². The zero-order valence-corrected chi connectivity index (χ0v) is 13.9. The minimum Gasteiger partial charge on any atom is -0.467 e. The number of ether oxygens (including phenoxy) is 1. The second-order valence-electron chi connectivity index (χ2n) is 6.17. The number of anilines is 1. The molecule has 5 nitrogen and oxygen atoms in total. The number of methoxy groups -OCH3 is 1. The summed E-state index contributed by atoms with van der Waals surface area (Å²) in [5.41, 5.74) is 4.28. The summed E-state index contributed by atoms with van der Waals surface area (Å²) >= 11 is 0. The lowest BCUT2D eigenvalue weighted by molar-refractivity contribution is -0.144. The van der Waals surface area contributed by atoms with Crippen LogP contribution in [0, 0.1) is 5.92 Å². The number of nitrogens with one attached hydrogen (secondary N) is 1. The summed E-state index contributed by atoms with van der Waals surface area (Å²) in [5.74, 6) is -1.31.